The Labute approximate surface area is 224 Å². The number of hydrogen-bond donors (Lipinski definition) is 1. The van der Waals surface area contributed by atoms with Crippen LogP contribution >= 0.6 is 0 Å². The molecule has 0 fully saturated rings. The SMILES string of the molecule is C/C(=C\C(=O)OC(C)(C)C)c1ccc(N(CC(C)C)CC(C)C)c(NC(=O)Cc2ccc(C)cc2C)c1. The molecule has 0 bridgehead atoms. The van der Waals surface area contributed by atoms with Crippen LogP contribution in [0.3, 0.4) is 0 Å². The summed E-state index contributed by atoms with van der Waals surface area (Å²) in [6, 6.07) is 12.2. The number of benzene rings is 2. The molecule has 0 aliphatic heterocycles. The maximum atomic E-state index is 13.2. The van der Waals surface area contributed by atoms with Gasteiger partial charge in [-0.2, -0.15) is 0 Å². The minimum atomic E-state index is -0.556. The number of carbonyl (C=O) groups is 2. The van der Waals surface area contributed by atoms with Gasteiger partial charge in [0.15, 0.2) is 0 Å². The van der Waals surface area contributed by atoms with Gasteiger partial charge in [-0.15, -0.1) is 0 Å². The van der Waals surface area contributed by atoms with Crippen molar-refractivity contribution in [1.29, 1.82) is 0 Å². The number of nitrogens with zero attached hydrogens (tertiary/aromatic N) is 1. The number of aryl methyl sites for hydroxylation is 2. The molecule has 1 N–H and O–H groups in total. The lowest BCUT2D eigenvalue weighted by molar-refractivity contribution is -0.148. The zero-order valence-electron chi connectivity index (χ0n) is 24.5. The Balaban J connectivity index is 2.46. The van der Waals surface area contributed by atoms with Gasteiger partial charge in [0.25, 0.3) is 0 Å². The molecule has 0 radical (unpaired) electrons. The molecule has 0 unspecified atom stereocenters. The van der Waals surface area contributed by atoms with Crippen molar-refractivity contribution in [3.8, 4) is 0 Å². The first-order valence-electron chi connectivity index (χ1n) is 13.3. The molecule has 0 spiro atoms. The van der Waals surface area contributed by atoms with Crippen LogP contribution in [0.25, 0.3) is 5.57 Å². The van der Waals surface area contributed by atoms with Gasteiger partial charge in [-0.05, 0) is 87.8 Å². The van der Waals surface area contributed by atoms with E-state index in [4.69, 9.17) is 4.74 Å². The lowest BCUT2D eigenvalue weighted by Gasteiger charge is -2.31. The molecule has 2 aromatic rings. The highest BCUT2D eigenvalue weighted by Gasteiger charge is 2.19. The van der Waals surface area contributed by atoms with Gasteiger partial charge in [-0.3, -0.25) is 4.79 Å². The Morgan fingerprint density at radius 3 is 2.14 bits per heavy atom. The van der Waals surface area contributed by atoms with E-state index in [1.807, 2.05) is 58.9 Å². The lowest BCUT2D eigenvalue weighted by Crippen LogP contribution is -2.32. The Hall–Kier alpha value is -3.08. The van der Waals surface area contributed by atoms with E-state index in [9.17, 15) is 9.59 Å². The van der Waals surface area contributed by atoms with Gasteiger partial charge in [0.2, 0.25) is 5.91 Å². The molecule has 0 heterocycles. The summed E-state index contributed by atoms with van der Waals surface area (Å²) in [4.78, 5) is 28.0. The van der Waals surface area contributed by atoms with Gasteiger partial charge in [0, 0.05) is 19.2 Å². The second-order valence-electron chi connectivity index (χ2n) is 11.9. The molecule has 0 atom stereocenters. The Morgan fingerprint density at radius 1 is 0.973 bits per heavy atom. The molecule has 0 saturated heterocycles. The molecule has 0 aromatic heterocycles. The van der Waals surface area contributed by atoms with Gasteiger partial charge in [0.1, 0.15) is 5.60 Å². The quantitative estimate of drug-likeness (QED) is 0.270. The summed E-state index contributed by atoms with van der Waals surface area (Å²) in [5.41, 5.74) is 6.15. The topological polar surface area (TPSA) is 58.6 Å². The third-order valence-corrected chi connectivity index (χ3v) is 5.83. The molecular weight excluding hydrogens is 460 g/mol. The first-order chi connectivity index (χ1) is 17.1. The molecule has 0 aliphatic carbocycles. The van der Waals surface area contributed by atoms with Crippen LogP contribution in [0.15, 0.2) is 42.5 Å². The molecule has 1 amide bonds. The molecule has 0 aliphatic rings. The van der Waals surface area contributed by atoms with Gasteiger partial charge < -0.3 is 15.0 Å². The third kappa shape index (κ3) is 10.1. The summed E-state index contributed by atoms with van der Waals surface area (Å²) < 4.78 is 5.47. The molecule has 5 heteroatoms. The van der Waals surface area contributed by atoms with E-state index in [1.165, 1.54) is 11.6 Å². The van der Waals surface area contributed by atoms with Crippen LogP contribution < -0.4 is 10.2 Å². The fraction of sp³-hybridized carbons (Fsp3) is 0.500. The van der Waals surface area contributed by atoms with Crippen molar-refractivity contribution in [2.75, 3.05) is 23.3 Å². The van der Waals surface area contributed by atoms with Crippen molar-refractivity contribution in [3.63, 3.8) is 0 Å². The number of ether oxygens (including phenoxy) is 1. The summed E-state index contributed by atoms with van der Waals surface area (Å²) in [6.45, 7) is 22.1. The van der Waals surface area contributed by atoms with Gasteiger partial charge >= 0.3 is 5.97 Å². The molecule has 2 aromatic carbocycles. The van der Waals surface area contributed by atoms with Crippen molar-refractivity contribution >= 4 is 28.8 Å². The van der Waals surface area contributed by atoms with Crippen molar-refractivity contribution in [1.82, 2.24) is 0 Å². The van der Waals surface area contributed by atoms with Crippen LogP contribution in [0.5, 0.6) is 0 Å². The largest absolute Gasteiger partial charge is 0.457 e. The second kappa shape index (κ2) is 12.9. The maximum Gasteiger partial charge on any atom is 0.331 e. The fourth-order valence-electron chi connectivity index (χ4n) is 4.31. The third-order valence-electron chi connectivity index (χ3n) is 5.83. The van der Waals surface area contributed by atoms with Crippen LogP contribution in [0, 0.1) is 25.7 Å². The molecule has 0 saturated carbocycles. The predicted molar refractivity (Wildman–Crippen MR) is 156 cm³/mol. The van der Waals surface area contributed by atoms with E-state index >= 15 is 0 Å². The average molecular weight is 507 g/mol. The van der Waals surface area contributed by atoms with E-state index < -0.39 is 5.60 Å². The van der Waals surface area contributed by atoms with Gasteiger partial charge in [0.05, 0.1) is 17.8 Å². The van der Waals surface area contributed by atoms with E-state index in [2.05, 4.69) is 57.0 Å². The first-order valence-corrected chi connectivity index (χ1v) is 13.3. The second-order valence-corrected chi connectivity index (χ2v) is 11.9. The highest BCUT2D eigenvalue weighted by atomic mass is 16.6. The highest BCUT2D eigenvalue weighted by molar-refractivity contribution is 5.97. The van der Waals surface area contributed by atoms with E-state index in [-0.39, 0.29) is 11.9 Å². The van der Waals surface area contributed by atoms with Gasteiger partial charge in [-0.1, -0.05) is 57.5 Å². The summed E-state index contributed by atoms with van der Waals surface area (Å²) in [5, 5.41) is 3.19. The normalized spacial score (nSPS) is 12.2. The number of esters is 1. The average Bonchev–Trinajstić information content (AvgIpc) is 2.73. The number of rotatable bonds is 10. The minimum absolute atomic E-state index is 0.0619. The zero-order valence-corrected chi connectivity index (χ0v) is 24.5. The Bertz CT molecular complexity index is 1110. The van der Waals surface area contributed by atoms with Crippen molar-refractivity contribution in [2.24, 2.45) is 11.8 Å². The minimum Gasteiger partial charge on any atom is -0.457 e. The molecular formula is C32H46N2O3. The van der Waals surface area contributed by atoms with Crippen molar-refractivity contribution < 1.29 is 14.3 Å². The summed E-state index contributed by atoms with van der Waals surface area (Å²) in [6.07, 6.45) is 1.82. The fourth-order valence-corrected chi connectivity index (χ4v) is 4.31. The molecule has 37 heavy (non-hydrogen) atoms. The lowest BCUT2D eigenvalue weighted by atomic mass is 10.0. The standard InChI is InChI=1S/C32H46N2O3/c1-21(2)19-34(20-22(3)4)29-14-13-26(25(7)16-31(36)37-32(8,9)10)17-28(29)33-30(35)18-27-12-11-23(5)15-24(27)6/h11-17,21-22H,18-20H2,1-10H3,(H,33,35)/b25-16+. The Kier molecular flexibility index (Phi) is 10.5. The van der Waals surface area contributed by atoms with E-state index in [0.717, 1.165) is 46.7 Å². The van der Waals surface area contributed by atoms with E-state index in [1.54, 1.807) is 0 Å². The number of allylic oxidation sites excluding steroid dienone is 1. The number of nitrogens with one attached hydrogen (secondary N) is 1. The summed E-state index contributed by atoms with van der Waals surface area (Å²) in [7, 11) is 0. The van der Waals surface area contributed by atoms with Crippen molar-refractivity contribution in [2.45, 2.75) is 81.3 Å². The van der Waals surface area contributed by atoms with Crippen LogP contribution in [0.1, 0.15) is 77.6 Å². The van der Waals surface area contributed by atoms with E-state index in [0.29, 0.717) is 18.3 Å². The monoisotopic (exact) mass is 506 g/mol. The first kappa shape index (κ1) is 30.1. The zero-order chi connectivity index (χ0) is 27.9. The van der Waals surface area contributed by atoms with Crippen LogP contribution in [0.4, 0.5) is 11.4 Å². The van der Waals surface area contributed by atoms with Crippen molar-refractivity contribution in [3.05, 3.63) is 64.7 Å². The number of carbonyl (C=O) groups excluding carboxylic acids is 2. The number of amides is 1. The number of hydrogen-bond acceptors (Lipinski definition) is 4. The molecule has 202 valence electrons. The summed E-state index contributed by atoms with van der Waals surface area (Å²) in [5.74, 6) is 0.487. The predicted octanol–water partition coefficient (Wildman–Crippen LogP) is 7.35. The van der Waals surface area contributed by atoms with Crippen LogP contribution in [-0.4, -0.2) is 30.6 Å². The maximum absolute atomic E-state index is 13.2. The summed E-state index contributed by atoms with van der Waals surface area (Å²) >= 11 is 0. The number of anilines is 2. The smallest absolute Gasteiger partial charge is 0.331 e. The van der Waals surface area contributed by atoms with Gasteiger partial charge in [-0.25, -0.2) is 4.79 Å². The van der Waals surface area contributed by atoms with Crippen LogP contribution in [0.2, 0.25) is 0 Å². The highest BCUT2D eigenvalue weighted by Crippen LogP contribution is 2.31. The molecule has 5 nitrogen and oxygen atoms in total. The Morgan fingerprint density at radius 2 is 1.59 bits per heavy atom. The van der Waals surface area contributed by atoms with Crippen LogP contribution in [-0.2, 0) is 20.7 Å². The molecule has 2 rings (SSSR count).